The molecule has 1 fully saturated rings. The molecule has 1 unspecified atom stereocenters. The Balaban J connectivity index is 2.14. The van der Waals surface area contributed by atoms with Crippen LogP contribution in [0.3, 0.4) is 0 Å². The molecule has 21 heavy (non-hydrogen) atoms. The van der Waals surface area contributed by atoms with Crippen molar-refractivity contribution in [2.75, 3.05) is 11.9 Å². The zero-order chi connectivity index (χ0) is 15.4. The molecule has 5 nitrogen and oxygen atoms in total. The van der Waals surface area contributed by atoms with Gasteiger partial charge in [-0.05, 0) is 53.6 Å². The highest BCUT2D eigenvalue weighted by Crippen LogP contribution is 2.24. The van der Waals surface area contributed by atoms with Crippen molar-refractivity contribution in [3.63, 3.8) is 0 Å². The number of urea groups is 1. The number of carbonyl (C=O) groups excluding carboxylic acids is 1. The molecule has 2 amide bonds. The third-order valence-electron chi connectivity index (χ3n) is 3.47. The van der Waals surface area contributed by atoms with Gasteiger partial charge in [0.2, 0.25) is 0 Å². The predicted octanol–water partition coefficient (Wildman–Crippen LogP) is 3.81. The van der Waals surface area contributed by atoms with Crippen LogP contribution in [-0.4, -0.2) is 34.6 Å². The Morgan fingerprint density at radius 2 is 2.10 bits per heavy atom. The first-order valence-electron chi connectivity index (χ1n) is 6.74. The second-order valence-electron chi connectivity index (χ2n) is 4.95. The Morgan fingerprint density at radius 1 is 1.33 bits per heavy atom. The smallest absolute Gasteiger partial charge is 0.326 e. The number of likely N-dealkylation sites (tertiary alicyclic amines) is 1. The summed E-state index contributed by atoms with van der Waals surface area (Å²) in [6.45, 7) is 0.465. The summed E-state index contributed by atoms with van der Waals surface area (Å²) in [6, 6.07) is 4.03. The highest BCUT2D eigenvalue weighted by molar-refractivity contribution is 14.1. The summed E-state index contributed by atoms with van der Waals surface area (Å²) < 4.78 is 0.815. The molecule has 0 aromatic heterocycles. The molecule has 1 aliphatic rings. The van der Waals surface area contributed by atoms with Crippen LogP contribution < -0.4 is 5.32 Å². The van der Waals surface area contributed by atoms with Gasteiger partial charge >= 0.3 is 12.0 Å². The van der Waals surface area contributed by atoms with Crippen molar-refractivity contribution in [1.82, 2.24) is 4.90 Å². The maximum Gasteiger partial charge on any atom is 0.326 e. The average Bonchev–Trinajstić information content (AvgIpc) is 2.67. The Morgan fingerprint density at radius 3 is 2.76 bits per heavy atom. The number of benzene rings is 1. The van der Waals surface area contributed by atoms with Crippen LogP contribution in [0, 0.1) is 3.57 Å². The summed E-state index contributed by atoms with van der Waals surface area (Å²) in [7, 11) is 0. The van der Waals surface area contributed by atoms with Crippen LogP contribution >= 0.6 is 34.2 Å². The van der Waals surface area contributed by atoms with E-state index in [1.54, 1.807) is 18.2 Å². The third-order valence-corrected chi connectivity index (χ3v) is 4.60. The lowest BCUT2D eigenvalue weighted by molar-refractivity contribution is -0.142. The molecule has 1 saturated heterocycles. The fourth-order valence-corrected chi connectivity index (χ4v) is 3.39. The molecule has 0 spiro atoms. The largest absolute Gasteiger partial charge is 0.480 e. The molecule has 1 heterocycles. The molecule has 1 aromatic carbocycles. The van der Waals surface area contributed by atoms with Crippen molar-refractivity contribution >= 4 is 51.9 Å². The maximum atomic E-state index is 12.4. The SMILES string of the molecule is O=C(O)C1CCCCCN1C(=O)Nc1ccc(Cl)cc1I. The summed E-state index contributed by atoms with van der Waals surface area (Å²) in [5.41, 5.74) is 0.637. The normalized spacial score (nSPS) is 19.0. The number of halogens is 2. The zero-order valence-electron chi connectivity index (χ0n) is 11.3. The molecular weight excluding hydrogens is 407 g/mol. The number of anilines is 1. The van der Waals surface area contributed by atoms with E-state index in [2.05, 4.69) is 27.9 Å². The van der Waals surface area contributed by atoms with Crippen LogP contribution in [0.25, 0.3) is 0 Å². The van der Waals surface area contributed by atoms with Gasteiger partial charge in [0.05, 0.1) is 5.69 Å². The number of carboxylic acid groups (broad SMARTS) is 1. The van der Waals surface area contributed by atoms with E-state index in [1.807, 2.05) is 0 Å². The first kappa shape index (κ1) is 16.4. The Labute approximate surface area is 141 Å². The first-order valence-corrected chi connectivity index (χ1v) is 8.20. The van der Waals surface area contributed by atoms with E-state index in [1.165, 1.54) is 4.90 Å². The average molecular weight is 423 g/mol. The molecule has 1 atom stereocenters. The van der Waals surface area contributed by atoms with E-state index in [4.69, 9.17) is 11.6 Å². The van der Waals surface area contributed by atoms with Crippen LogP contribution in [0.2, 0.25) is 5.02 Å². The molecule has 114 valence electrons. The standard InChI is InChI=1S/C14H16ClIN2O3/c15-9-5-6-11(10(16)8-9)17-14(21)18-7-3-1-2-4-12(18)13(19)20/h5-6,8,12H,1-4,7H2,(H,17,21)(H,19,20). The van der Waals surface area contributed by atoms with Crippen LogP contribution in [0.5, 0.6) is 0 Å². The number of aliphatic carboxylic acids is 1. The van der Waals surface area contributed by atoms with Gasteiger partial charge in [0.1, 0.15) is 6.04 Å². The second kappa shape index (κ2) is 7.31. The van der Waals surface area contributed by atoms with Gasteiger partial charge in [-0.1, -0.05) is 24.4 Å². The van der Waals surface area contributed by atoms with Gasteiger partial charge in [-0.2, -0.15) is 0 Å². The number of hydrogen-bond acceptors (Lipinski definition) is 2. The van der Waals surface area contributed by atoms with Gasteiger partial charge in [0.25, 0.3) is 0 Å². The van der Waals surface area contributed by atoms with Crippen molar-refractivity contribution in [3.05, 3.63) is 26.8 Å². The van der Waals surface area contributed by atoms with E-state index < -0.39 is 12.0 Å². The summed E-state index contributed by atoms with van der Waals surface area (Å²) in [5.74, 6) is -0.946. The molecule has 0 saturated carbocycles. The van der Waals surface area contributed by atoms with E-state index in [0.717, 1.165) is 22.8 Å². The van der Waals surface area contributed by atoms with Crippen LogP contribution in [0.1, 0.15) is 25.7 Å². The van der Waals surface area contributed by atoms with Gasteiger partial charge in [-0.25, -0.2) is 9.59 Å². The van der Waals surface area contributed by atoms with Crippen molar-refractivity contribution in [2.24, 2.45) is 0 Å². The second-order valence-corrected chi connectivity index (χ2v) is 6.55. The molecule has 7 heteroatoms. The monoisotopic (exact) mass is 422 g/mol. The number of nitrogens with one attached hydrogen (secondary N) is 1. The van der Waals surface area contributed by atoms with Gasteiger partial charge in [-0.15, -0.1) is 0 Å². The fourth-order valence-electron chi connectivity index (χ4n) is 2.39. The summed E-state index contributed by atoms with van der Waals surface area (Å²) in [4.78, 5) is 25.1. The minimum atomic E-state index is -0.946. The fraction of sp³-hybridized carbons (Fsp3) is 0.429. The number of amides is 2. The van der Waals surface area contributed by atoms with Crippen molar-refractivity contribution in [1.29, 1.82) is 0 Å². The maximum absolute atomic E-state index is 12.4. The third kappa shape index (κ3) is 4.23. The molecular formula is C14H16ClIN2O3. The van der Waals surface area contributed by atoms with E-state index in [9.17, 15) is 14.7 Å². The number of hydrogen-bond donors (Lipinski definition) is 2. The Kier molecular flexibility index (Phi) is 5.69. The number of carboxylic acids is 1. The summed E-state index contributed by atoms with van der Waals surface area (Å²) in [5, 5.41) is 12.7. The minimum Gasteiger partial charge on any atom is -0.480 e. The zero-order valence-corrected chi connectivity index (χ0v) is 14.2. The summed E-state index contributed by atoms with van der Waals surface area (Å²) >= 11 is 7.97. The molecule has 1 aromatic rings. The quantitative estimate of drug-likeness (QED) is 0.712. The Hall–Kier alpha value is -1.02. The van der Waals surface area contributed by atoms with E-state index in [-0.39, 0.29) is 6.03 Å². The molecule has 0 aliphatic carbocycles. The molecule has 0 radical (unpaired) electrons. The Bertz CT molecular complexity index is 553. The van der Waals surface area contributed by atoms with Crippen molar-refractivity contribution in [3.8, 4) is 0 Å². The van der Waals surface area contributed by atoms with Crippen molar-refractivity contribution in [2.45, 2.75) is 31.7 Å². The molecule has 2 rings (SSSR count). The van der Waals surface area contributed by atoms with E-state index >= 15 is 0 Å². The minimum absolute atomic E-state index is 0.371. The lowest BCUT2D eigenvalue weighted by Gasteiger charge is -2.27. The van der Waals surface area contributed by atoms with Gasteiger partial charge in [0, 0.05) is 15.1 Å². The number of rotatable bonds is 2. The molecule has 1 aliphatic heterocycles. The summed E-state index contributed by atoms with van der Waals surface area (Å²) in [6.07, 6.45) is 3.11. The van der Waals surface area contributed by atoms with Crippen LogP contribution in [-0.2, 0) is 4.79 Å². The van der Waals surface area contributed by atoms with Crippen molar-refractivity contribution < 1.29 is 14.7 Å². The lowest BCUT2D eigenvalue weighted by Crippen LogP contribution is -2.46. The van der Waals surface area contributed by atoms with Crippen LogP contribution in [0.15, 0.2) is 18.2 Å². The number of nitrogens with zero attached hydrogens (tertiary/aromatic N) is 1. The highest BCUT2D eigenvalue weighted by atomic mass is 127. The molecule has 0 bridgehead atoms. The highest BCUT2D eigenvalue weighted by Gasteiger charge is 2.30. The van der Waals surface area contributed by atoms with E-state index in [0.29, 0.717) is 23.7 Å². The lowest BCUT2D eigenvalue weighted by atomic mass is 10.1. The topological polar surface area (TPSA) is 69.6 Å². The van der Waals surface area contributed by atoms with Gasteiger partial charge < -0.3 is 15.3 Å². The first-order chi connectivity index (χ1) is 9.99. The van der Waals surface area contributed by atoms with Crippen LogP contribution in [0.4, 0.5) is 10.5 Å². The van der Waals surface area contributed by atoms with Gasteiger partial charge in [0.15, 0.2) is 0 Å². The number of carbonyl (C=O) groups is 2. The predicted molar refractivity (Wildman–Crippen MR) is 89.8 cm³/mol. The van der Waals surface area contributed by atoms with Gasteiger partial charge in [-0.3, -0.25) is 0 Å². The molecule has 2 N–H and O–H groups in total.